The third kappa shape index (κ3) is 6.34. The maximum absolute atomic E-state index is 6.44. The van der Waals surface area contributed by atoms with Gasteiger partial charge < -0.3 is 15.8 Å². The lowest BCUT2D eigenvalue weighted by molar-refractivity contribution is 0.0180. The molecule has 3 rings (SSSR count). The number of anilines is 1. The standard InChI is InChI=1S/C20H25ClN4O.HI/c1-15-6-8-16(9-7-15)24-20(22)23-14-19(25-10-12-26-13-11-25)17-4-2-3-5-18(17)21;/h2-9,19H,10-14H2,1H3,(H3,22,23,24);1H. The molecule has 3 N–H and O–H groups in total. The molecule has 1 saturated heterocycles. The molecule has 0 amide bonds. The molecular weight excluding hydrogens is 475 g/mol. The summed E-state index contributed by atoms with van der Waals surface area (Å²) in [6.07, 6.45) is 0. The van der Waals surface area contributed by atoms with E-state index in [-0.39, 0.29) is 30.0 Å². The van der Waals surface area contributed by atoms with Crippen LogP contribution in [0, 0.1) is 6.92 Å². The van der Waals surface area contributed by atoms with Crippen LogP contribution in [0.2, 0.25) is 5.02 Å². The van der Waals surface area contributed by atoms with Crippen LogP contribution in [-0.2, 0) is 4.74 Å². The minimum Gasteiger partial charge on any atom is -0.379 e. The van der Waals surface area contributed by atoms with Crippen molar-refractivity contribution in [2.45, 2.75) is 13.0 Å². The van der Waals surface area contributed by atoms with Crippen LogP contribution in [-0.4, -0.2) is 43.7 Å². The first kappa shape index (κ1) is 21.9. The van der Waals surface area contributed by atoms with Gasteiger partial charge in [-0.1, -0.05) is 47.5 Å². The molecule has 1 fully saturated rings. The number of nitrogens with one attached hydrogen (secondary N) is 1. The number of nitrogens with two attached hydrogens (primary N) is 1. The Morgan fingerprint density at radius 1 is 1.19 bits per heavy atom. The van der Waals surface area contributed by atoms with Crippen molar-refractivity contribution in [3.05, 3.63) is 64.7 Å². The highest BCUT2D eigenvalue weighted by Gasteiger charge is 2.24. The van der Waals surface area contributed by atoms with Gasteiger partial charge >= 0.3 is 0 Å². The van der Waals surface area contributed by atoms with Gasteiger partial charge in [0, 0.05) is 23.8 Å². The van der Waals surface area contributed by atoms with Gasteiger partial charge in [0.15, 0.2) is 5.96 Å². The lowest BCUT2D eigenvalue weighted by Gasteiger charge is -2.34. The van der Waals surface area contributed by atoms with E-state index in [0.29, 0.717) is 12.5 Å². The van der Waals surface area contributed by atoms with Crippen LogP contribution in [0.4, 0.5) is 5.69 Å². The van der Waals surface area contributed by atoms with Crippen molar-refractivity contribution in [3.63, 3.8) is 0 Å². The van der Waals surface area contributed by atoms with Crippen LogP contribution in [0.1, 0.15) is 17.2 Å². The Morgan fingerprint density at radius 3 is 2.52 bits per heavy atom. The highest BCUT2D eigenvalue weighted by Crippen LogP contribution is 2.28. The first-order valence-corrected chi connectivity index (χ1v) is 9.21. The van der Waals surface area contributed by atoms with Gasteiger partial charge in [-0.3, -0.25) is 9.89 Å². The number of aryl methyl sites for hydroxylation is 1. The summed E-state index contributed by atoms with van der Waals surface area (Å²) in [5, 5.41) is 3.90. The second-order valence-corrected chi connectivity index (χ2v) is 6.81. The van der Waals surface area contributed by atoms with E-state index < -0.39 is 0 Å². The quantitative estimate of drug-likeness (QED) is 0.369. The van der Waals surface area contributed by atoms with E-state index >= 15 is 0 Å². The minimum atomic E-state index is 0. The molecular formula is C20H26ClIN4O. The number of halogens is 2. The van der Waals surface area contributed by atoms with E-state index in [1.807, 2.05) is 42.5 Å². The van der Waals surface area contributed by atoms with E-state index in [1.54, 1.807) is 0 Å². The Morgan fingerprint density at radius 2 is 1.85 bits per heavy atom. The monoisotopic (exact) mass is 500 g/mol. The molecule has 1 aliphatic rings. The molecule has 1 unspecified atom stereocenters. The molecule has 0 aromatic heterocycles. The summed E-state index contributed by atoms with van der Waals surface area (Å²) in [6, 6.07) is 16.1. The van der Waals surface area contributed by atoms with Crippen LogP contribution in [0.15, 0.2) is 53.5 Å². The van der Waals surface area contributed by atoms with E-state index in [4.69, 9.17) is 22.1 Å². The summed E-state index contributed by atoms with van der Waals surface area (Å²) >= 11 is 6.44. The molecule has 0 bridgehead atoms. The number of nitrogens with zero attached hydrogens (tertiary/aromatic N) is 2. The molecule has 0 spiro atoms. The van der Waals surface area contributed by atoms with Crippen LogP contribution < -0.4 is 11.1 Å². The molecule has 27 heavy (non-hydrogen) atoms. The fraction of sp³-hybridized carbons (Fsp3) is 0.350. The molecule has 2 aromatic rings. The van der Waals surface area contributed by atoms with E-state index in [2.05, 4.69) is 28.2 Å². The zero-order valence-corrected chi connectivity index (χ0v) is 18.5. The normalized spacial score (nSPS) is 16.4. The summed E-state index contributed by atoms with van der Waals surface area (Å²) in [7, 11) is 0. The smallest absolute Gasteiger partial charge is 0.193 e. The Labute approximate surface area is 183 Å². The maximum Gasteiger partial charge on any atom is 0.193 e. The molecule has 0 saturated carbocycles. The Hall–Kier alpha value is -1.35. The zero-order chi connectivity index (χ0) is 18.4. The van der Waals surface area contributed by atoms with Crippen LogP contribution >= 0.6 is 35.6 Å². The molecule has 146 valence electrons. The Kier molecular flexibility index (Phi) is 8.82. The Bertz CT molecular complexity index is 748. The van der Waals surface area contributed by atoms with Gasteiger partial charge in [-0.25, -0.2) is 0 Å². The van der Waals surface area contributed by atoms with Gasteiger partial charge in [-0.05, 0) is 30.7 Å². The predicted octanol–water partition coefficient (Wildman–Crippen LogP) is 4.07. The third-order valence-corrected chi connectivity index (χ3v) is 4.85. The van der Waals surface area contributed by atoms with Gasteiger partial charge in [-0.15, -0.1) is 24.0 Å². The summed E-state index contributed by atoms with van der Waals surface area (Å²) < 4.78 is 5.48. The van der Waals surface area contributed by atoms with Crippen molar-refractivity contribution in [2.24, 2.45) is 10.7 Å². The van der Waals surface area contributed by atoms with Crippen molar-refractivity contribution >= 4 is 47.2 Å². The molecule has 1 atom stereocenters. The van der Waals surface area contributed by atoms with Crippen molar-refractivity contribution in [1.29, 1.82) is 0 Å². The van der Waals surface area contributed by atoms with Gasteiger partial charge in [0.1, 0.15) is 0 Å². The largest absolute Gasteiger partial charge is 0.379 e. The highest BCUT2D eigenvalue weighted by molar-refractivity contribution is 14.0. The molecule has 1 aliphatic heterocycles. The number of hydrogen-bond donors (Lipinski definition) is 2. The van der Waals surface area contributed by atoms with Crippen LogP contribution in [0.25, 0.3) is 0 Å². The van der Waals surface area contributed by atoms with Gasteiger partial charge in [0.2, 0.25) is 0 Å². The van der Waals surface area contributed by atoms with Crippen molar-refractivity contribution in [1.82, 2.24) is 4.90 Å². The molecule has 0 radical (unpaired) electrons. The van der Waals surface area contributed by atoms with Gasteiger partial charge in [0.25, 0.3) is 0 Å². The molecule has 5 nitrogen and oxygen atoms in total. The topological polar surface area (TPSA) is 62.9 Å². The number of ether oxygens (including phenoxy) is 1. The van der Waals surface area contributed by atoms with Crippen molar-refractivity contribution in [2.75, 3.05) is 38.2 Å². The predicted molar refractivity (Wildman–Crippen MR) is 123 cm³/mol. The highest BCUT2D eigenvalue weighted by atomic mass is 127. The second kappa shape index (κ2) is 10.8. The fourth-order valence-electron chi connectivity index (χ4n) is 3.05. The molecule has 1 heterocycles. The summed E-state index contributed by atoms with van der Waals surface area (Å²) in [6.45, 7) is 5.75. The van der Waals surface area contributed by atoms with E-state index in [0.717, 1.165) is 42.6 Å². The average Bonchev–Trinajstić information content (AvgIpc) is 2.66. The number of aliphatic imine (C=N–C) groups is 1. The summed E-state index contributed by atoms with van der Waals surface area (Å²) in [4.78, 5) is 6.93. The maximum atomic E-state index is 6.44. The molecule has 7 heteroatoms. The minimum absolute atomic E-state index is 0. The van der Waals surface area contributed by atoms with Crippen molar-refractivity contribution in [3.8, 4) is 0 Å². The first-order valence-electron chi connectivity index (χ1n) is 8.83. The number of benzene rings is 2. The van der Waals surface area contributed by atoms with Crippen LogP contribution in [0.5, 0.6) is 0 Å². The van der Waals surface area contributed by atoms with E-state index in [9.17, 15) is 0 Å². The first-order chi connectivity index (χ1) is 12.6. The number of hydrogen-bond acceptors (Lipinski definition) is 3. The zero-order valence-electron chi connectivity index (χ0n) is 15.4. The molecule has 2 aromatic carbocycles. The average molecular weight is 501 g/mol. The van der Waals surface area contributed by atoms with Crippen molar-refractivity contribution < 1.29 is 4.74 Å². The summed E-state index contributed by atoms with van der Waals surface area (Å²) in [5.74, 6) is 0.402. The third-order valence-electron chi connectivity index (χ3n) is 4.51. The molecule has 0 aliphatic carbocycles. The number of rotatable bonds is 5. The lowest BCUT2D eigenvalue weighted by Crippen LogP contribution is -2.40. The van der Waals surface area contributed by atoms with Crippen LogP contribution in [0.3, 0.4) is 0 Å². The fourth-order valence-corrected chi connectivity index (χ4v) is 3.32. The lowest BCUT2D eigenvalue weighted by atomic mass is 10.0. The Balaban J connectivity index is 0.00000261. The summed E-state index contributed by atoms with van der Waals surface area (Å²) in [5.41, 5.74) is 9.31. The second-order valence-electron chi connectivity index (χ2n) is 6.40. The SMILES string of the molecule is Cc1ccc(NC(N)=NCC(c2ccccc2Cl)N2CCOCC2)cc1.I. The van der Waals surface area contributed by atoms with Gasteiger partial charge in [-0.2, -0.15) is 0 Å². The van der Waals surface area contributed by atoms with E-state index in [1.165, 1.54) is 5.56 Å². The number of morpholine rings is 1. The van der Waals surface area contributed by atoms with Gasteiger partial charge in [0.05, 0.1) is 25.8 Å². The number of guanidine groups is 1.